The largest absolute Gasteiger partial charge is 1.00 e. The molecular weight excluding hydrogens is 399 g/mol. The van der Waals surface area contributed by atoms with Crippen LogP contribution in [0.1, 0.15) is 51.4 Å². The fourth-order valence-electron chi connectivity index (χ4n) is 1.89. The van der Waals surface area contributed by atoms with E-state index in [0.29, 0.717) is 6.42 Å². The quantitative estimate of drug-likeness (QED) is 0.223. The van der Waals surface area contributed by atoms with Crippen molar-refractivity contribution in [1.29, 1.82) is 0 Å². The molecule has 0 aromatic rings. The van der Waals surface area contributed by atoms with Crippen LogP contribution in [0, 0.1) is 0 Å². The summed E-state index contributed by atoms with van der Waals surface area (Å²) in [5, 5.41) is -6.06. The second kappa shape index (κ2) is 10.6. The van der Waals surface area contributed by atoms with Gasteiger partial charge in [0.25, 0.3) is 0 Å². The average Bonchev–Trinajstić information content (AvgIpc) is 2.38. The van der Waals surface area contributed by atoms with Crippen LogP contribution in [0.2, 0.25) is 0 Å². The van der Waals surface area contributed by atoms with Crippen molar-refractivity contribution in [2.45, 2.75) is 74.9 Å². The van der Waals surface area contributed by atoms with E-state index in [1.165, 1.54) is 0 Å². The Labute approximate surface area is 162 Å². The first-order valence-corrected chi connectivity index (χ1v) is 8.45. The molecule has 0 radical (unpaired) electrons. The summed E-state index contributed by atoms with van der Waals surface area (Å²) in [5.41, 5.74) is 0. The molecular formula is C12H17F8NaO3S. The maximum atomic E-state index is 13.2. The third-order valence-corrected chi connectivity index (χ3v) is 4.16. The minimum Gasteiger partial charge on any atom is -0.743 e. The van der Waals surface area contributed by atoms with Crippen molar-refractivity contribution < 1.29 is 77.7 Å². The second-order valence-corrected chi connectivity index (χ2v) is 6.76. The Morgan fingerprint density at radius 1 is 0.800 bits per heavy atom. The fourth-order valence-corrected chi connectivity index (χ4v) is 2.35. The third kappa shape index (κ3) is 9.21. The first kappa shape index (κ1) is 27.6. The molecule has 0 heterocycles. The topological polar surface area (TPSA) is 57.2 Å². The molecule has 0 spiro atoms. The van der Waals surface area contributed by atoms with E-state index in [1.807, 2.05) is 0 Å². The van der Waals surface area contributed by atoms with E-state index in [-0.39, 0.29) is 61.7 Å². The molecule has 146 valence electrons. The SMILES string of the molecule is O=S(=O)([O-])C(F)(F)C(F)(F)C(F)CCCCCCCCC(F)(F)F.[Na+]. The Hall–Kier alpha value is 0.350. The summed E-state index contributed by atoms with van der Waals surface area (Å²) in [6, 6.07) is 0. The van der Waals surface area contributed by atoms with Crippen LogP contribution in [0.15, 0.2) is 0 Å². The molecule has 0 aromatic carbocycles. The van der Waals surface area contributed by atoms with Gasteiger partial charge in [-0.2, -0.15) is 30.7 Å². The average molecular weight is 416 g/mol. The first-order chi connectivity index (χ1) is 10.6. The zero-order valence-electron chi connectivity index (χ0n) is 13.4. The van der Waals surface area contributed by atoms with E-state index in [4.69, 9.17) is 0 Å². The predicted molar refractivity (Wildman–Crippen MR) is 67.5 cm³/mol. The number of rotatable bonds is 11. The molecule has 13 heteroatoms. The summed E-state index contributed by atoms with van der Waals surface area (Å²) in [7, 11) is -6.73. The van der Waals surface area contributed by atoms with Gasteiger partial charge in [0.2, 0.25) is 0 Å². The maximum absolute atomic E-state index is 13.2. The summed E-state index contributed by atoms with van der Waals surface area (Å²) in [6.07, 6.45) is -9.32. The third-order valence-electron chi connectivity index (χ3n) is 3.26. The number of hydrogen-bond donors (Lipinski definition) is 0. The van der Waals surface area contributed by atoms with Gasteiger partial charge >= 0.3 is 46.9 Å². The first-order valence-electron chi connectivity index (χ1n) is 7.05. The fraction of sp³-hybridized carbons (Fsp3) is 1.00. The molecule has 0 aliphatic carbocycles. The molecule has 0 saturated heterocycles. The molecule has 0 amide bonds. The van der Waals surface area contributed by atoms with Crippen molar-refractivity contribution in [3.63, 3.8) is 0 Å². The minimum atomic E-state index is -6.73. The summed E-state index contributed by atoms with van der Waals surface area (Å²) in [4.78, 5) is 0. The van der Waals surface area contributed by atoms with Gasteiger partial charge in [0.1, 0.15) is 0 Å². The normalized spacial score (nSPS) is 14.9. The van der Waals surface area contributed by atoms with Crippen molar-refractivity contribution in [3.05, 3.63) is 0 Å². The van der Waals surface area contributed by atoms with E-state index < -0.39 is 46.5 Å². The van der Waals surface area contributed by atoms with Gasteiger partial charge in [0, 0.05) is 6.42 Å². The summed E-state index contributed by atoms with van der Waals surface area (Å²) in [6.45, 7) is 0. The van der Waals surface area contributed by atoms with Gasteiger partial charge in [-0.1, -0.05) is 32.1 Å². The Balaban J connectivity index is 0. The van der Waals surface area contributed by atoms with Crippen molar-refractivity contribution in [2.75, 3.05) is 0 Å². The molecule has 1 unspecified atom stereocenters. The molecule has 0 aliphatic heterocycles. The van der Waals surface area contributed by atoms with Crippen LogP contribution in [0.25, 0.3) is 0 Å². The van der Waals surface area contributed by atoms with Crippen molar-refractivity contribution in [3.8, 4) is 0 Å². The van der Waals surface area contributed by atoms with Crippen molar-refractivity contribution in [2.24, 2.45) is 0 Å². The Bertz CT molecular complexity index is 481. The molecule has 0 rings (SSSR count). The van der Waals surface area contributed by atoms with Crippen LogP contribution in [-0.4, -0.2) is 36.5 Å². The van der Waals surface area contributed by atoms with Crippen LogP contribution < -0.4 is 29.6 Å². The smallest absolute Gasteiger partial charge is 0.743 e. The van der Waals surface area contributed by atoms with Gasteiger partial charge in [-0.15, -0.1) is 0 Å². The molecule has 0 aromatic heterocycles. The van der Waals surface area contributed by atoms with Crippen molar-refractivity contribution in [1.82, 2.24) is 0 Å². The van der Waals surface area contributed by atoms with Crippen LogP contribution in [-0.2, 0) is 10.1 Å². The Morgan fingerprint density at radius 3 is 1.60 bits per heavy atom. The van der Waals surface area contributed by atoms with Crippen molar-refractivity contribution >= 4 is 10.1 Å². The summed E-state index contributed by atoms with van der Waals surface area (Å²) in [5.74, 6) is -5.65. The number of hydrogen-bond acceptors (Lipinski definition) is 3. The van der Waals surface area contributed by atoms with E-state index in [1.54, 1.807) is 0 Å². The van der Waals surface area contributed by atoms with Crippen LogP contribution in [0.3, 0.4) is 0 Å². The Morgan fingerprint density at radius 2 is 1.20 bits per heavy atom. The molecule has 1 atom stereocenters. The molecule has 25 heavy (non-hydrogen) atoms. The number of unbranched alkanes of at least 4 members (excludes halogenated alkanes) is 5. The predicted octanol–water partition coefficient (Wildman–Crippen LogP) is 1.78. The van der Waals surface area contributed by atoms with Gasteiger partial charge in [-0.3, -0.25) is 0 Å². The van der Waals surface area contributed by atoms with E-state index >= 15 is 0 Å². The van der Waals surface area contributed by atoms with E-state index in [0.717, 1.165) is 0 Å². The van der Waals surface area contributed by atoms with Gasteiger partial charge in [0.05, 0.1) is 0 Å². The van der Waals surface area contributed by atoms with Gasteiger partial charge < -0.3 is 4.55 Å². The molecule has 0 saturated carbocycles. The molecule has 0 fully saturated rings. The molecule has 3 nitrogen and oxygen atoms in total. The molecule has 0 N–H and O–H groups in total. The zero-order chi connectivity index (χ0) is 19.2. The zero-order valence-corrected chi connectivity index (χ0v) is 16.2. The van der Waals surface area contributed by atoms with Crippen LogP contribution in [0.5, 0.6) is 0 Å². The standard InChI is InChI=1S/C12H18F8O3S.Na/c13-9(11(17,18)12(19,20)24(21,22)23)7-5-3-1-2-4-6-8-10(14,15)16;/h9H,1-8H2,(H,21,22,23);/q;+1/p-1. The minimum absolute atomic E-state index is 0. The summed E-state index contributed by atoms with van der Waals surface area (Å²) < 4.78 is 131. The number of halogens is 8. The molecule has 0 bridgehead atoms. The van der Waals surface area contributed by atoms with E-state index in [2.05, 4.69) is 0 Å². The van der Waals surface area contributed by atoms with E-state index in [9.17, 15) is 48.1 Å². The number of alkyl halides is 8. The van der Waals surface area contributed by atoms with Crippen LogP contribution >= 0.6 is 0 Å². The maximum Gasteiger partial charge on any atom is 1.00 e. The molecule has 0 aliphatic rings. The van der Waals surface area contributed by atoms with Crippen LogP contribution in [0.4, 0.5) is 35.1 Å². The van der Waals surface area contributed by atoms with Gasteiger partial charge in [-0.25, -0.2) is 12.8 Å². The second-order valence-electron chi connectivity index (χ2n) is 5.34. The summed E-state index contributed by atoms with van der Waals surface area (Å²) >= 11 is 0. The monoisotopic (exact) mass is 416 g/mol. The van der Waals surface area contributed by atoms with Gasteiger partial charge in [0.15, 0.2) is 16.3 Å². The van der Waals surface area contributed by atoms with Gasteiger partial charge in [-0.05, 0) is 12.8 Å². The Kier molecular flexibility index (Phi) is 11.7.